The zero-order valence-electron chi connectivity index (χ0n) is 14.7. The summed E-state index contributed by atoms with van der Waals surface area (Å²) in [6.07, 6.45) is 1.86. The Bertz CT molecular complexity index is 1160. The van der Waals surface area contributed by atoms with Crippen molar-refractivity contribution in [1.82, 2.24) is 15.8 Å². The van der Waals surface area contributed by atoms with Crippen LogP contribution < -0.4 is 10.9 Å². The van der Waals surface area contributed by atoms with Crippen LogP contribution >= 0.6 is 0 Å². The third-order valence-corrected chi connectivity index (χ3v) is 4.31. The number of hydrogen-bond donors (Lipinski definition) is 3. The van der Waals surface area contributed by atoms with Crippen molar-refractivity contribution >= 4 is 22.7 Å². The van der Waals surface area contributed by atoms with Crippen LogP contribution in [0, 0.1) is 5.82 Å². The van der Waals surface area contributed by atoms with Gasteiger partial charge in [-0.2, -0.15) is 0 Å². The summed E-state index contributed by atoms with van der Waals surface area (Å²) in [7, 11) is 0. The first-order valence-corrected chi connectivity index (χ1v) is 8.61. The molecule has 0 spiro atoms. The minimum atomic E-state index is -0.630. The third-order valence-electron chi connectivity index (χ3n) is 4.31. The Labute approximate surface area is 159 Å². The molecule has 0 unspecified atom stereocenters. The van der Waals surface area contributed by atoms with Crippen LogP contribution in [0.4, 0.5) is 4.39 Å². The molecule has 28 heavy (non-hydrogen) atoms. The zero-order valence-corrected chi connectivity index (χ0v) is 14.7. The highest BCUT2D eigenvalue weighted by molar-refractivity contribution is 5.94. The lowest BCUT2D eigenvalue weighted by atomic mass is 10.1. The smallest absolute Gasteiger partial charge is 0.305 e. The highest BCUT2D eigenvalue weighted by atomic mass is 19.1. The molecule has 2 amide bonds. The van der Waals surface area contributed by atoms with E-state index >= 15 is 0 Å². The molecule has 0 atom stereocenters. The van der Waals surface area contributed by atoms with Crippen LogP contribution in [0.1, 0.15) is 16.1 Å². The number of nitrogens with one attached hydrogen (secondary N) is 3. The number of aromatic nitrogens is 1. The number of halogens is 1. The predicted molar refractivity (Wildman–Crippen MR) is 102 cm³/mol. The maximum absolute atomic E-state index is 13.8. The van der Waals surface area contributed by atoms with Gasteiger partial charge in [-0.1, -0.05) is 30.3 Å². The van der Waals surface area contributed by atoms with Gasteiger partial charge >= 0.3 is 5.91 Å². The van der Waals surface area contributed by atoms with E-state index in [2.05, 4.69) is 15.8 Å². The molecule has 2 heterocycles. The van der Waals surface area contributed by atoms with Gasteiger partial charge in [-0.05, 0) is 35.9 Å². The maximum Gasteiger partial charge on any atom is 0.305 e. The van der Waals surface area contributed by atoms with E-state index in [1.807, 2.05) is 24.3 Å². The SMILES string of the molecule is O=C(Cc1c[nH]c2ccccc12)NNC(=O)c1ccc(-c2ccccc2F)o1. The van der Waals surface area contributed by atoms with Gasteiger partial charge in [-0.25, -0.2) is 4.39 Å². The molecular weight excluding hydrogens is 361 g/mol. The van der Waals surface area contributed by atoms with Gasteiger partial charge in [-0.15, -0.1) is 0 Å². The Kier molecular flexibility index (Phi) is 4.63. The lowest BCUT2D eigenvalue weighted by molar-refractivity contribution is -0.121. The van der Waals surface area contributed by atoms with Crippen molar-refractivity contribution < 1.29 is 18.4 Å². The lowest BCUT2D eigenvalue weighted by Crippen LogP contribution is -2.42. The van der Waals surface area contributed by atoms with E-state index in [1.165, 1.54) is 18.2 Å². The number of rotatable bonds is 4. The second-order valence-corrected chi connectivity index (χ2v) is 6.18. The largest absolute Gasteiger partial charge is 0.451 e. The van der Waals surface area contributed by atoms with Gasteiger partial charge in [0.05, 0.1) is 12.0 Å². The molecule has 0 aliphatic rings. The summed E-state index contributed by atoms with van der Waals surface area (Å²) in [5, 5.41) is 0.949. The van der Waals surface area contributed by atoms with Crippen molar-refractivity contribution in [1.29, 1.82) is 0 Å². The number of carbonyl (C=O) groups excluding carboxylic acids is 2. The Morgan fingerprint density at radius 3 is 2.61 bits per heavy atom. The number of carbonyl (C=O) groups is 2. The lowest BCUT2D eigenvalue weighted by Gasteiger charge is -2.05. The van der Waals surface area contributed by atoms with Crippen molar-refractivity contribution in [2.24, 2.45) is 0 Å². The van der Waals surface area contributed by atoms with E-state index in [4.69, 9.17) is 4.42 Å². The Morgan fingerprint density at radius 2 is 1.75 bits per heavy atom. The molecule has 0 aliphatic heterocycles. The average molecular weight is 377 g/mol. The van der Waals surface area contributed by atoms with Crippen LogP contribution in [0.25, 0.3) is 22.2 Å². The van der Waals surface area contributed by atoms with E-state index < -0.39 is 11.7 Å². The number of benzene rings is 2. The first kappa shape index (κ1) is 17.5. The van der Waals surface area contributed by atoms with Crippen LogP contribution in [0.5, 0.6) is 0 Å². The summed E-state index contributed by atoms with van der Waals surface area (Å²) in [4.78, 5) is 27.4. The van der Waals surface area contributed by atoms with Crippen molar-refractivity contribution in [3.63, 3.8) is 0 Å². The molecule has 0 saturated carbocycles. The normalized spacial score (nSPS) is 10.8. The van der Waals surface area contributed by atoms with Crippen LogP contribution in [-0.4, -0.2) is 16.8 Å². The standard InChI is InChI=1S/C21H16FN3O3/c22-16-7-3-1-6-15(16)18-9-10-19(28-18)21(27)25-24-20(26)11-13-12-23-17-8-4-2-5-14(13)17/h1-10,12,23H,11H2,(H,24,26)(H,25,27). The molecule has 0 radical (unpaired) electrons. The second-order valence-electron chi connectivity index (χ2n) is 6.18. The summed E-state index contributed by atoms with van der Waals surface area (Å²) in [5.74, 6) is -1.26. The molecule has 4 rings (SSSR count). The van der Waals surface area contributed by atoms with Crippen molar-refractivity contribution in [3.8, 4) is 11.3 Å². The fourth-order valence-electron chi connectivity index (χ4n) is 2.95. The predicted octanol–water partition coefficient (Wildman–Crippen LogP) is 3.57. The summed E-state index contributed by atoms with van der Waals surface area (Å²) in [6, 6.07) is 16.7. The molecule has 6 nitrogen and oxygen atoms in total. The minimum Gasteiger partial charge on any atom is -0.451 e. The van der Waals surface area contributed by atoms with Gasteiger partial charge in [0, 0.05) is 17.1 Å². The summed E-state index contributed by atoms with van der Waals surface area (Å²) >= 11 is 0. The van der Waals surface area contributed by atoms with Crippen molar-refractivity contribution in [3.05, 3.63) is 84.0 Å². The number of hydrogen-bond acceptors (Lipinski definition) is 3. The van der Waals surface area contributed by atoms with Crippen LogP contribution in [0.15, 0.2) is 71.3 Å². The molecule has 0 saturated heterocycles. The van der Waals surface area contributed by atoms with E-state index in [-0.39, 0.29) is 29.4 Å². The van der Waals surface area contributed by atoms with Gasteiger partial charge in [0.15, 0.2) is 5.76 Å². The third kappa shape index (κ3) is 3.50. The van der Waals surface area contributed by atoms with Gasteiger partial charge in [0.2, 0.25) is 5.91 Å². The number of furan rings is 1. The highest BCUT2D eigenvalue weighted by Crippen LogP contribution is 2.24. The van der Waals surface area contributed by atoms with E-state index in [9.17, 15) is 14.0 Å². The second kappa shape index (κ2) is 7.40. The molecule has 4 aromatic rings. The summed E-state index contributed by atoms with van der Waals surface area (Å²) in [5.41, 5.74) is 6.67. The molecule has 0 bridgehead atoms. The van der Waals surface area contributed by atoms with Gasteiger partial charge < -0.3 is 9.40 Å². The van der Waals surface area contributed by atoms with Crippen molar-refractivity contribution in [2.75, 3.05) is 0 Å². The Hall–Kier alpha value is -3.87. The van der Waals surface area contributed by atoms with Crippen LogP contribution in [0.3, 0.4) is 0 Å². The Morgan fingerprint density at radius 1 is 0.964 bits per heavy atom. The van der Waals surface area contributed by atoms with Crippen molar-refractivity contribution in [2.45, 2.75) is 6.42 Å². The number of hydrazine groups is 1. The number of aromatic amines is 1. The monoisotopic (exact) mass is 377 g/mol. The highest BCUT2D eigenvalue weighted by Gasteiger charge is 2.15. The molecule has 2 aromatic carbocycles. The maximum atomic E-state index is 13.8. The van der Waals surface area contributed by atoms with E-state index in [0.29, 0.717) is 0 Å². The number of H-pyrrole nitrogens is 1. The van der Waals surface area contributed by atoms with Gasteiger partial charge in [0.25, 0.3) is 0 Å². The number of amides is 2. The van der Waals surface area contributed by atoms with E-state index in [1.54, 1.807) is 24.4 Å². The average Bonchev–Trinajstić information content (AvgIpc) is 3.34. The number of fused-ring (bicyclic) bond motifs is 1. The first-order chi connectivity index (χ1) is 13.6. The molecule has 7 heteroatoms. The fourth-order valence-corrected chi connectivity index (χ4v) is 2.95. The molecular formula is C21H16FN3O3. The molecule has 0 fully saturated rings. The zero-order chi connectivity index (χ0) is 19.5. The molecule has 3 N–H and O–H groups in total. The van der Waals surface area contributed by atoms with Crippen LogP contribution in [-0.2, 0) is 11.2 Å². The number of para-hydroxylation sites is 1. The van der Waals surface area contributed by atoms with E-state index in [0.717, 1.165) is 16.5 Å². The summed E-state index contributed by atoms with van der Waals surface area (Å²) < 4.78 is 19.2. The Balaban J connectivity index is 1.38. The molecule has 0 aliphatic carbocycles. The minimum absolute atomic E-state index is 0.0364. The van der Waals surface area contributed by atoms with Gasteiger partial charge in [-0.3, -0.25) is 20.4 Å². The summed E-state index contributed by atoms with van der Waals surface area (Å²) in [6.45, 7) is 0. The quantitative estimate of drug-likeness (QED) is 0.475. The molecule has 2 aromatic heterocycles. The first-order valence-electron chi connectivity index (χ1n) is 8.61. The fraction of sp³-hybridized carbons (Fsp3) is 0.0476. The van der Waals surface area contributed by atoms with Crippen LogP contribution in [0.2, 0.25) is 0 Å². The molecule has 140 valence electrons. The van der Waals surface area contributed by atoms with Gasteiger partial charge in [0.1, 0.15) is 11.6 Å². The topological polar surface area (TPSA) is 87.1 Å².